The van der Waals surface area contributed by atoms with Gasteiger partial charge in [0.2, 0.25) is 0 Å². The van der Waals surface area contributed by atoms with Gasteiger partial charge in [-0.1, -0.05) is 34.1 Å². The number of hydrogen-bond acceptors (Lipinski definition) is 3. The van der Waals surface area contributed by atoms with Crippen molar-refractivity contribution in [1.82, 2.24) is 15.5 Å². The fourth-order valence-electron chi connectivity index (χ4n) is 1.51. The number of aromatic amines is 1. The number of amides is 1. The summed E-state index contributed by atoms with van der Waals surface area (Å²) in [6.07, 6.45) is 0.374. The third-order valence-corrected chi connectivity index (χ3v) is 3.22. The molecule has 2 atom stereocenters. The van der Waals surface area contributed by atoms with E-state index < -0.39 is 6.10 Å². The van der Waals surface area contributed by atoms with E-state index in [0.29, 0.717) is 11.6 Å². The molecule has 1 amide bonds. The molecule has 1 aromatic heterocycles. The van der Waals surface area contributed by atoms with Gasteiger partial charge in [0.1, 0.15) is 5.69 Å². The van der Waals surface area contributed by atoms with Gasteiger partial charge in [0.05, 0.1) is 6.10 Å². The van der Waals surface area contributed by atoms with Crippen molar-refractivity contribution in [3.05, 3.63) is 17.5 Å². The number of aliphatic hydroxyl groups is 1. The third-order valence-electron chi connectivity index (χ3n) is 3.22. The van der Waals surface area contributed by atoms with Gasteiger partial charge >= 0.3 is 0 Å². The average Bonchev–Trinajstić information content (AvgIpc) is 2.84. The predicted octanol–water partition coefficient (Wildman–Crippen LogP) is 1.67. The van der Waals surface area contributed by atoms with Gasteiger partial charge in [-0.2, -0.15) is 5.10 Å². The van der Waals surface area contributed by atoms with E-state index in [0.717, 1.165) is 12.1 Å². The first-order valence-corrected chi connectivity index (χ1v) is 6.47. The second-order valence-corrected chi connectivity index (χ2v) is 5.03. The topological polar surface area (TPSA) is 78.0 Å². The Balaban J connectivity index is 2.50. The van der Waals surface area contributed by atoms with Crippen molar-refractivity contribution in [2.45, 2.75) is 46.1 Å². The number of nitrogens with zero attached hydrogens (tertiary/aromatic N) is 1. The Kier molecular flexibility index (Phi) is 5.34. The number of aromatic nitrogens is 2. The molecule has 1 heterocycles. The lowest BCUT2D eigenvalue weighted by Crippen LogP contribution is -2.35. The minimum absolute atomic E-state index is 0.177. The fourth-order valence-corrected chi connectivity index (χ4v) is 1.51. The van der Waals surface area contributed by atoms with Crippen LogP contribution in [0.3, 0.4) is 0 Å². The smallest absolute Gasteiger partial charge is 0.271 e. The van der Waals surface area contributed by atoms with E-state index in [1.54, 1.807) is 6.07 Å². The van der Waals surface area contributed by atoms with Crippen molar-refractivity contribution in [1.29, 1.82) is 0 Å². The lowest BCUT2D eigenvalue weighted by Gasteiger charge is -2.17. The highest BCUT2D eigenvalue weighted by Gasteiger charge is 2.16. The highest BCUT2D eigenvalue weighted by Crippen LogP contribution is 2.12. The summed E-state index contributed by atoms with van der Waals surface area (Å²) in [4.78, 5) is 11.8. The normalized spacial score (nSPS) is 14.6. The molecule has 1 aromatic rings. The maximum absolute atomic E-state index is 11.8. The minimum atomic E-state index is -0.512. The maximum atomic E-state index is 11.8. The van der Waals surface area contributed by atoms with E-state index in [1.807, 2.05) is 27.7 Å². The quantitative estimate of drug-likeness (QED) is 0.721. The molecule has 0 aromatic carbocycles. The van der Waals surface area contributed by atoms with Gasteiger partial charge in [-0.15, -0.1) is 0 Å². The number of rotatable bonds is 6. The molecule has 0 bridgehead atoms. The van der Waals surface area contributed by atoms with Gasteiger partial charge in [0, 0.05) is 12.2 Å². The monoisotopic (exact) mass is 253 g/mol. The van der Waals surface area contributed by atoms with Crippen LogP contribution in [0.1, 0.15) is 56.2 Å². The summed E-state index contributed by atoms with van der Waals surface area (Å²) in [5, 5.41) is 19.3. The predicted molar refractivity (Wildman–Crippen MR) is 70.5 cm³/mol. The van der Waals surface area contributed by atoms with E-state index in [1.165, 1.54) is 0 Å². The molecule has 5 heteroatoms. The van der Waals surface area contributed by atoms with Gasteiger partial charge in [-0.25, -0.2) is 0 Å². The number of nitrogens with one attached hydrogen (secondary N) is 2. The zero-order valence-electron chi connectivity index (χ0n) is 11.5. The molecule has 0 aliphatic rings. The lowest BCUT2D eigenvalue weighted by atomic mass is 10.0. The first-order valence-electron chi connectivity index (χ1n) is 6.47. The Labute approximate surface area is 108 Å². The molecule has 0 radical (unpaired) electrons. The summed E-state index contributed by atoms with van der Waals surface area (Å²) in [7, 11) is 0. The number of carbonyl (C=O) groups is 1. The highest BCUT2D eigenvalue weighted by atomic mass is 16.3. The van der Waals surface area contributed by atoms with Gasteiger partial charge in [-0.05, 0) is 17.9 Å². The molecule has 0 saturated carbocycles. The Morgan fingerprint density at radius 2 is 2.17 bits per heavy atom. The summed E-state index contributed by atoms with van der Waals surface area (Å²) in [6.45, 7) is 8.29. The summed E-state index contributed by atoms with van der Waals surface area (Å²) in [6, 6.07) is 1.75. The molecule has 0 aliphatic carbocycles. The molecule has 5 nitrogen and oxygen atoms in total. The Bertz CT molecular complexity index is 387. The van der Waals surface area contributed by atoms with E-state index in [2.05, 4.69) is 15.5 Å². The molecule has 0 fully saturated rings. The maximum Gasteiger partial charge on any atom is 0.271 e. The largest absolute Gasteiger partial charge is 0.391 e. The van der Waals surface area contributed by atoms with Gasteiger partial charge in [-0.3, -0.25) is 9.89 Å². The van der Waals surface area contributed by atoms with Crippen molar-refractivity contribution in [3.8, 4) is 0 Å². The zero-order chi connectivity index (χ0) is 13.7. The SMILES string of the molecule is CCC(C)C(O)CNC(=O)c1cc(C(C)C)[nH]n1. The Hall–Kier alpha value is -1.36. The van der Waals surface area contributed by atoms with Crippen LogP contribution >= 0.6 is 0 Å². The highest BCUT2D eigenvalue weighted by molar-refractivity contribution is 5.92. The molecule has 1 rings (SSSR count). The summed E-state index contributed by atoms with van der Waals surface area (Å²) < 4.78 is 0. The molecule has 0 saturated heterocycles. The molecule has 2 unspecified atom stereocenters. The van der Waals surface area contributed by atoms with Crippen LogP contribution in [0.15, 0.2) is 6.07 Å². The molecule has 102 valence electrons. The zero-order valence-corrected chi connectivity index (χ0v) is 11.5. The molecular formula is C13H23N3O2. The van der Waals surface area contributed by atoms with Crippen LogP contribution in [-0.2, 0) is 0 Å². The van der Waals surface area contributed by atoms with Crippen LogP contribution in [0.5, 0.6) is 0 Å². The summed E-state index contributed by atoms with van der Waals surface area (Å²) in [5.41, 5.74) is 1.30. The van der Waals surface area contributed by atoms with E-state index in [-0.39, 0.29) is 18.4 Å². The molecule has 3 N–H and O–H groups in total. The third kappa shape index (κ3) is 3.84. The van der Waals surface area contributed by atoms with Crippen LogP contribution in [-0.4, -0.2) is 33.9 Å². The van der Waals surface area contributed by atoms with Crippen LogP contribution < -0.4 is 5.32 Å². The number of aliphatic hydroxyl groups excluding tert-OH is 1. The Morgan fingerprint density at radius 1 is 1.50 bits per heavy atom. The lowest BCUT2D eigenvalue weighted by molar-refractivity contribution is 0.0846. The standard InChI is InChI=1S/C13H23N3O2/c1-5-9(4)12(17)7-14-13(18)11-6-10(8(2)3)15-16-11/h6,8-9,12,17H,5,7H2,1-4H3,(H,14,18)(H,15,16). The molecule has 0 aliphatic heterocycles. The molecule has 0 spiro atoms. The molecular weight excluding hydrogens is 230 g/mol. The van der Waals surface area contributed by atoms with E-state index >= 15 is 0 Å². The van der Waals surface area contributed by atoms with Crippen molar-refractivity contribution < 1.29 is 9.90 Å². The second-order valence-electron chi connectivity index (χ2n) is 5.03. The minimum Gasteiger partial charge on any atom is -0.391 e. The van der Waals surface area contributed by atoms with Crippen molar-refractivity contribution in [3.63, 3.8) is 0 Å². The Morgan fingerprint density at radius 3 is 2.67 bits per heavy atom. The van der Waals surface area contributed by atoms with Crippen molar-refractivity contribution in [2.24, 2.45) is 5.92 Å². The first-order chi connectivity index (χ1) is 8.45. The van der Waals surface area contributed by atoms with Crippen LogP contribution in [0, 0.1) is 5.92 Å². The first kappa shape index (κ1) is 14.7. The fraction of sp³-hybridized carbons (Fsp3) is 0.692. The van der Waals surface area contributed by atoms with Crippen LogP contribution in [0.2, 0.25) is 0 Å². The number of hydrogen-bond donors (Lipinski definition) is 3. The average molecular weight is 253 g/mol. The molecule has 18 heavy (non-hydrogen) atoms. The van der Waals surface area contributed by atoms with Crippen molar-refractivity contribution in [2.75, 3.05) is 6.54 Å². The van der Waals surface area contributed by atoms with Gasteiger partial charge < -0.3 is 10.4 Å². The summed E-state index contributed by atoms with van der Waals surface area (Å²) >= 11 is 0. The number of carbonyl (C=O) groups excluding carboxylic acids is 1. The van der Waals surface area contributed by atoms with Crippen molar-refractivity contribution >= 4 is 5.91 Å². The number of H-pyrrole nitrogens is 1. The van der Waals surface area contributed by atoms with E-state index in [9.17, 15) is 9.90 Å². The second kappa shape index (κ2) is 6.54. The van der Waals surface area contributed by atoms with Crippen LogP contribution in [0.25, 0.3) is 0 Å². The summed E-state index contributed by atoms with van der Waals surface area (Å²) in [5.74, 6) is 0.237. The van der Waals surface area contributed by atoms with Gasteiger partial charge in [0.15, 0.2) is 0 Å². The van der Waals surface area contributed by atoms with Crippen LogP contribution in [0.4, 0.5) is 0 Å². The van der Waals surface area contributed by atoms with Gasteiger partial charge in [0.25, 0.3) is 5.91 Å². The van der Waals surface area contributed by atoms with E-state index in [4.69, 9.17) is 0 Å².